The Morgan fingerprint density at radius 2 is 0.902 bits per heavy atom. The zero-order valence-electron chi connectivity index (χ0n) is 30.1. The molecule has 51 heavy (non-hydrogen) atoms. The summed E-state index contributed by atoms with van der Waals surface area (Å²) in [4.78, 5) is 32.7. The molecule has 18 radical (unpaired) electrons. The largest absolute Gasteiger partial charge is 0.455 e. The summed E-state index contributed by atoms with van der Waals surface area (Å²) < 4.78 is 10.9. The molecule has 0 heterocycles. The Morgan fingerprint density at radius 1 is 0.588 bits per heavy atom. The second-order valence-electron chi connectivity index (χ2n) is 6.77. The van der Waals surface area contributed by atoms with Crippen LogP contribution in [0.25, 0.3) is 0 Å². The van der Waals surface area contributed by atoms with Crippen LogP contribution in [0.2, 0.25) is 0 Å². The molecule has 0 aliphatic rings. The zero-order valence-corrected chi connectivity index (χ0v) is 30.1. The Kier molecular flexibility index (Phi) is 105. The Morgan fingerprint density at radius 3 is 1.18 bits per heavy atom. The monoisotopic (exact) mass is 730 g/mol. The number of carbonyl (C=O) groups excluding carboxylic acids is 2. The fourth-order valence-electron chi connectivity index (χ4n) is 1.78. The predicted molar refractivity (Wildman–Crippen MR) is 186 cm³/mol. The van der Waals surface area contributed by atoms with Crippen molar-refractivity contribution in [3.05, 3.63) is 118 Å². The van der Waals surface area contributed by atoms with Gasteiger partial charge in [-0.1, -0.05) is 44.7 Å². The van der Waals surface area contributed by atoms with Crippen LogP contribution in [-0.2, 0) is 70.1 Å². The van der Waals surface area contributed by atoms with Gasteiger partial charge in [-0.2, -0.15) is 0 Å². The summed E-state index contributed by atoms with van der Waals surface area (Å²) in [5, 5.41) is 79.4. The minimum absolute atomic E-state index is 0.250. The molecule has 0 N–H and O–H groups in total. The van der Waals surface area contributed by atoms with Crippen LogP contribution in [0.5, 0.6) is 5.75 Å². The van der Waals surface area contributed by atoms with Crippen molar-refractivity contribution in [1.82, 2.24) is 0 Å². The van der Waals surface area contributed by atoms with Crippen molar-refractivity contribution in [2.24, 2.45) is 0 Å². The Labute approximate surface area is 308 Å². The number of unbranched alkanes of at least 4 members (excludes halogenated alkanes) is 1. The highest BCUT2D eigenvalue weighted by Crippen LogP contribution is 2.26. The molecule has 1 aromatic carbocycles. The Balaban J connectivity index is -0.0000000758. The summed E-state index contributed by atoms with van der Waals surface area (Å²) in [6.07, 6.45) is 3.87. The number of rotatable bonds is 11. The first-order valence-corrected chi connectivity index (χ1v) is 14.7. The van der Waals surface area contributed by atoms with E-state index in [1.54, 1.807) is 24.3 Å². The van der Waals surface area contributed by atoms with Crippen molar-refractivity contribution < 1.29 is 74.8 Å². The number of hydrogen-bond donors (Lipinski definition) is 0. The third-order valence-corrected chi connectivity index (χ3v) is 3.00. The van der Waals surface area contributed by atoms with E-state index in [9.17, 15) is 9.59 Å². The van der Waals surface area contributed by atoms with Gasteiger partial charge in [0.2, 0.25) is 0 Å². The van der Waals surface area contributed by atoms with Crippen molar-refractivity contribution in [1.29, 1.82) is 0 Å². The molecule has 0 aromatic heterocycles. The van der Waals surface area contributed by atoms with Gasteiger partial charge in [0.15, 0.2) is 6.61 Å². The molecule has 1 rings (SSSR count). The van der Waals surface area contributed by atoms with Gasteiger partial charge < -0.3 is 9.47 Å². The number of ether oxygens (including phenoxy) is 2. The average Bonchev–Trinajstić information content (AvgIpc) is 3.09. The van der Waals surface area contributed by atoms with Crippen LogP contribution in [0.4, 0.5) is 0 Å². The minimum Gasteiger partial charge on any atom is -0.455 e. The standard InChI is InChI=1S/C18H22O6.9C2H4O/c1-4-7-13-18(14-21-16(19)5-2,24-23-17(20)6-3)22-15-11-9-8-10-12-15;9*1-2-3/h5-6,8-12H,2-4,7,13-14H2,1H3;9*1-2H2. The van der Waals surface area contributed by atoms with Crippen molar-refractivity contribution in [3.8, 4) is 5.75 Å². The zero-order chi connectivity index (χ0) is 42.2. The van der Waals surface area contributed by atoms with E-state index in [0.717, 1.165) is 18.6 Å². The molecule has 0 aliphatic heterocycles. The topological polar surface area (TPSA) is 250 Å². The highest BCUT2D eigenvalue weighted by Gasteiger charge is 2.38. The molecule has 0 bridgehead atoms. The van der Waals surface area contributed by atoms with Crippen LogP contribution in [0.15, 0.2) is 55.6 Å². The normalized spacial score (nSPS) is 9.08. The molecule has 0 saturated heterocycles. The summed E-state index contributed by atoms with van der Waals surface area (Å²) in [6, 6.07) is 8.83. The lowest BCUT2D eigenvalue weighted by atomic mass is 10.1. The van der Waals surface area contributed by atoms with Gasteiger partial charge in [-0.15, -0.1) is 4.89 Å². The molecule has 0 saturated carbocycles. The van der Waals surface area contributed by atoms with E-state index in [4.69, 9.17) is 65.2 Å². The summed E-state index contributed by atoms with van der Waals surface area (Å²) in [7, 11) is 0. The summed E-state index contributed by atoms with van der Waals surface area (Å²) in [6.45, 7) is 32.5. The van der Waals surface area contributed by atoms with Crippen molar-refractivity contribution >= 4 is 11.9 Å². The molecule has 0 aliphatic carbocycles. The molecule has 15 heteroatoms. The number of benzene rings is 1. The fraction of sp³-hybridized carbons (Fsp3) is 0.417. The molecule has 1 aromatic rings. The molecule has 0 fully saturated rings. The van der Waals surface area contributed by atoms with Gasteiger partial charge in [0.05, 0.1) is 59.5 Å². The van der Waals surface area contributed by atoms with Gasteiger partial charge in [-0.05, 0) is 80.9 Å². The first-order valence-electron chi connectivity index (χ1n) is 14.7. The third-order valence-electron chi connectivity index (χ3n) is 3.00. The smallest absolute Gasteiger partial charge is 0.365 e. The highest BCUT2D eigenvalue weighted by molar-refractivity contribution is 5.81. The number of carbonyl (C=O) groups is 2. The maximum absolute atomic E-state index is 11.4. The maximum atomic E-state index is 11.4. The van der Waals surface area contributed by atoms with E-state index in [0.29, 0.717) is 18.6 Å². The van der Waals surface area contributed by atoms with Crippen LogP contribution in [0, 0.1) is 62.3 Å². The lowest BCUT2D eigenvalue weighted by Gasteiger charge is -2.31. The van der Waals surface area contributed by atoms with E-state index in [1.165, 1.54) is 0 Å². The van der Waals surface area contributed by atoms with Crippen molar-refractivity contribution in [3.63, 3.8) is 0 Å². The third kappa shape index (κ3) is 99.0. The summed E-state index contributed by atoms with van der Waals surface area (Å²) in [5.74, 6) is -2.39. The quantitative estimate of drug-likeness (QED) is 0.0920. The molecule has 292 valence electrons. The number of hydrogen-bond acceptors (Lipinski definition) is 6. The Hall–Kier alpha value is -2.96. The fourth-order valence-corrected chi connectivity index (χ4v) is 1.78. The van der Waals surface area contributed by atoms with Gasteiger partial charge >= 0.3 is 11.9 Å². The molecular formula is C36H58O15. The van der Waals surface area contributed by atoms with E-state index < -0.39 is 17.7 Å². The first kappa shape index (κ1) is 69.7. The molecule has 1 atom stereocenters. The molecule has 1 unspecified atom stereocenters. The van der Waals surface area contributed by atoms with Crippen LogP contribution in [-0.4, -0.2) is 83.8 Å². The second-order valence-corrected chi connectivity index (χ2v) is 6.77. The van der Waals surface area contributed by atoms with E-state index in [-0.39, 0.29) is 66.1 Å². The van der Waals surface area contributed by atoms with Crippen LogP contribution in [0.3, 0.4) is 0 Å². The van der Waals surface area contributed by atoms with Crippen LogP contribution in [0.1, 0.15) is 26.2 Å². The van der Waals surface area contributed by atoms with Gasteiger partial charge in [0.1, 0.15) is 5.75 Å². The maximum Gasteiger partial charge on any atom is 0.365 e. The number of para-hydroxylation sites is 1. The second kappa shape index (κ2) is 76.8. The van der Waals surface area contributed by atoms with Crippen LogP contribution < -0.4 is 4.74 Å². The van der Waals surface area contributed by atoms with E-state index >= 15 is 0 Å². The lowest BCUT2D eigenvalue weighted by molar-refractivity contribution is -0.390. The summed E-state index contributed by atoms with van der Waals surface area (Å²) >= 11 is 0. The first-order chi connectivity index (χ1) is 24.3. The van der Waals surface area contributed by atoms with E-state index in [1.807, 2.05) is 13.0 Å². The molecule has 0 spiro atoms. The lowest BCUT2D eigenvalue weighted by Crippen LogP contribution is -2.45. The van der Waals surface area contributed by atoms with Gasteiger partial charge in [0.25, 0.3) is 5.79 Å². The Bertz CT molecular complexity index is 655. The van der Waals surface area contributed by atoms with Gasteiger partial charge in [0, 0.05) is 18.6 Å². The van der Waals surface area contributed by atoms with E-state index in [2.05, 4.69) is 75.5 Å². The number of esters is 1. The SMILES string of the molecule is C=CC(=O)OCC(CCCC)(OOC(=O)C=C)Oc1ccccc1.[CH2]C[O].[CH2]C[O].[CH2]C[O].[CH2]C[O].[CH2]C[O].[CH2]C[O].[CH2]C[O].[CH2]C[O].[CH2]C[O]. The van der Waals surface area contributed by atoms with Crippen molar-refractivity contribution in [2.45, 2.75) is 32.0 Å². The van der Waals surface area contributed by atoms with Crippen molar-refractivity contribution in [2.75, 3.05) is 66.1 Å². The molecular weight excluding hydrogens is 672 g/mol. The predicted octanol–water partition coefficient (Wildman–Crippen LogP) is 5.60. The summed E-state index contributed by atoms with van der Waals surface area (Å²) in [5.41, 5.74) is 0. The minimum atomic E-state index is -1.46. The molecule has 15 nitrogen and oxygen atoms in total. The van der Waals surface area contributed by atoms with Gasteiger partial charge in [-0.25, -0.2) is 55.5 Å². The van der Waals surface area contributed by atoms with Gasteiger partial charge in [-0.3, -0.25) is 4.89 Å². The molecule has 0 amide bonds. The average molecular weight is 731 g/mol. The van der Waals surface area contributed by atoms with Crippen LogP contribution >= 0.6 is 0 Å². The highest BCUT2D eigenvalue weighted by atomic mass is 17.2.